The fraction of sp³-hybridized carbons (Fsp3) is 0.477. The predicted octanol–water partition coefficient (Wildman–Crippen LogP) is -2.62. The summed E-state index contributed by atoms with van der Waals surface area (Å²) in [5.41, 5.74) is 0.553. The van der Waals surface area contributed by atoms with Crippen LogP contribution >= 0.6 is 0 Å². The smallest absolute Gasteiger partial charge is 0.330 e. The van der Waals surface area contributed by atoms with E-state index in [2.05, 4.69) is 0 Å². The number of hydrogen-bond acceptors (Lipinski definition) is 24. The van der Waals surface area contributed by atoms with Crippen molar-refractivity contribution < 1.29 is 119 Å². The summed E-state index contributed by atoms with van der Waals surface area (Å²) in [6.07, 6.45) is -25.1. The number of carbonyl (C=O) groups is 1. The van der Waals surface area contributed by atoms with Gasteiger partial charge in [0.05, 0.1) is 33.0 Å². The molecule has 24 heteroatoms. The van der Waals surface area contributed by atoms with E-state index in [0.29, 0.717) is 5.56 Å². The van der Waals surface area contributed by atoms with Crippen LogP contribution in [0, 0.1) is 0 Å². The fourth-order valence-electron chi connectivity index (χ4n) is 7.74. The molecule has 7 rings (SSSR count). The SMILES string of the molecule is COc1ccc(C=CC(=O)OCC2OC(OC3=Cc4c(cc(O)cc4OC4OC(CO)C(O)C(O)C4O)OC3c3ccc(O)c(OC)c3)C(OC3OC(CO)C(O)C(O)C3O)C(O)C2O)cc1O. The zero-order valence-electron chi connectivity index (χ0n) is 36.0. The average molecular weight is 965 g/mol. The second-order valence-electron chi connectivity index (χ2n) is 16.0. The highest BCUT2D eigenvalue weighted by atomic mass is 16.8. The summed E-state index contributed by atoms with van der Waals surface area (Å²) in [6, 6.07) is 10.6. The molecule has 3 aromatic rings. The van der Waals surface area contributed by atoms with Crippen LogP contribution in [0.4, 0.5) is 0 Å². The van der Waals surface area contributed by atoms with E-state index in [1.54, 1.807) is 6.07 Å². The van der Waals surface area contributed by atoms with Crippen molar-refractivity contribution in [1.82, 2.24) is 0 Å². The highest BCUT2D eigenvalue weighted by Crippen LogP contribution is 2.47. The van der Waals surface area contributed by atoms with E-state index in [1.807, 2.05) is 0 Å². The molecule has 0 saturated carbocycles. The Morgan fingerprint density at radius 3 is 1.91 bits per heavy atom. The molecule has 3 aromatic carbocycles. The Labute approximate surface area is 385 Å². The predicted molar refractivity (Wildman–Crippen MR) is 224 cm³/mol. The molecule has 16 unspecified atom stereocenters. The van der Waals surface area contributed by atoms with Gasteiger partial charge in [0.2, 0.25) is 12.6 Å². The Hall–Kier alpha value is -5.55. The highest BCUT2D eigenvalue weighted by molar-refractivity contribution is 5.87. The molecule has 4 heterocycles. The third-order valence-electron chi connectivity index (χ3n) is 11.5. The molecular weight excluding hydrogens is 912 g/mol. The molecule has 372 valence electrons. The molecular formula is C44H52O24. The van der Waals surface area contributed by atoms with Crippen molar-refractivity contribution in [2.75, 3.05) is 34.0 Å². The van der Waals surface area contributed by atoms with Gasteiger partial charge in [0.25, 0.3) is 0 Å². The maximum atomic E-state index is 12.9. The maximum absolute atomic E-state index is 12.9. The fourth-order valence-corrected chi connectivity index (χ4v) is 7.74. The number of ether oxygens (including phenoxy) is 10. The number of rotatable bonds is 15. The molecule has 3 fully saturated rings. The van der Waals surface area contributed by atoms with Gasteiger partial charge < -0.3 is 114 Å². The second-order valence-corrected chi connectivity index (χ2v) is 16.0. The molecule has 0 amide bonds. The van der Waals surface area contributed by atoms with Crippen molar-refractivity contribution in [3.63, 3.8) is 0 Å². The summed E-state index contributed by atoms with van der Waals surface area (Å²) in [6.45, 7) is -2.39. The number of methoxy groups -OCH3 is 2. The normalized spacial score (nSPS) is 33.7. The van der Waals surface area contributed by atoms with Gasteiger partial charge >= 0.3 is 5.97 Å². The number of carbonyl (C=O) groups excluding carboxylic acids is 1. The number of fused-ring (bicyclic) bond motifs is 1. The molecule has 16 atom stereocenters. The number of hydrogen-bond donors (Lipinski definition) is 13. The minimum atomic E-state index is -2.06. The summed E-state index contributed by atoms with van der Waals surface area (Å²) < 4.78 is 57.5. The van der Waals surface area contributed by atoms with Gasteiger partial charge in [0.1, 0.15) is 96.8 Å². The summed E-state index contributed by atoms with van der Waals surface area (Å²) in [5.74, 6) is -2.38. The average Bonchev–Trinajstić information content (AvgIpc) is 3.32. The number of aliphatic hydroxyl groups excluding tert-OH is 10. The zero-order valence-corrected chi connectivity index (χ0v) is 36.0. The van der Waals surface area contributed by atoms with Crippen molar-refractivity contribution >= 4 is 18.1 Å². The number of phenols is 3. The first-order valence-electron chi connectivity index (χ1n) is 20.9. The van der Waals surface area contributed by atoms with Crippen molar-refractivity contribution in [2.24, 2.45) is 0 Å². The zero-order chi connectivity index (χ0) is 49.1. The van der Waals surface area contributed by atoms with Crippen LogP contribution in [0.15, 0.2) is 60.4 Å². The van der Waals surface area contributed by atoms with Crippen LogP contribution in [-0.2, 0) is 33.2 Å². The molecule has 0 aromatic heterocycles. The van der Waals surface area contributed by atoms with Crippen LogP contribution in [0.5, 0.6) is 40.2 Å². The number of esters is 1. The van der Waals surface area contributed by atoms with Gasteiger partial charge in [-0.25, -0.2) is 4.79 Å². The highest BCUT2D eigenvalue weighted by Gasteiger charge is 2.53. The van der Waals surface area contributed by atoms with Gasteiger partial charge in [-0.15, -0.1) is 0 Å². The third-order valence-corrected chi connectivity index (χ3v) is 11.5. The van der Waals surface area contributed by atoms with Gasteiger partial charge in [-0.2, -0.15) is 0 Å². The minimum Gasteiger partial charge on any atom is -0.508 e. The Morgan fingerprint density at radius 2 is 1.26 bits per heavy atom. The standard InChI is InChI=1S/C44H52O24/c1-59-23-7-3-17(9-22(23)49)4-8-31(50)61-16-30-34(53)37(56)41(68-43-39(58)36(55)33(52)29(15-46)66-43)44(67-30)64-27-13-20-24(62-40(27)18-5-6-21(48)26(10-18)60-2)11-19(47)12-25(20)63-42-38(57)35(54)32(51)28(14-45)65-42/h3-13,28-30,32-49,51-58H,14-16H2,1-2H3. The van der Waals surface area contributed by atoms with Crippen LogP contribution in [0.2, 0.25) is 0 Å². The largest absolute Gasteiger partial charge is 0.508 e. The molecule has 0 spiro atoms. The van der Waals surface area contributed by atoms with Crippen molar-refractivity contribution in [3.05, 3.63) is 77.1 Å². The van der Waals surface area contributed by atoms with E-state index in [1.165, 1.54) is 62.8 Å². The van der Waals surface area contributed by atoms with Crippen LogP contribution in [0.25, 0.3) is 12.2 Å². The first kappa shape index (κ1) is 50.3. The Balaban J connectivity index is 1.25. The Morgan fingerprint density at radius 1 is 0.632 bits per heavy atom. The van der Waals surface area contributed by atoms with Gasteiger partial charge in [-0.05, 0) is 42.0 Å². The first-order chi connectivity index (χ1) is 32.5. The van der Waals surface area contributed by atoms with Crippen molar-refractivity contribution in [3.8, 4) is 40.2 Å². The van der Waals surface area contributed by atoms with Gasteiger partial charge in [0.15, 0.2) is 41.5 Å². The molecule has 13 N–H and O–H groups in total. The Kier molecular flexibility index (Phi) is 15.8. The quantitative estimate of drug-likeness (QED) is 0.0548. The van der Waals surface area contributed by atoms with E-state index in [9.17, 15) is 71.2 Å². The number of aliphatic hydroxyl groups is 10. The van der Waals surface area contributed by atoms with Gasteiger partial charge in [-0.3, -0.25) is 0 Å². The lowest BCUT2D eigenvalue weighted by Gasteiger charge is -2.46. The van der Waals surface area contributed by atoms with Gasteiger partial charge in [-0.1, -0.05) is 12.1 Å². The van der Waals surface area contributed by atoms with Crippen LogP contribution in [0.1, 0.15) is 22.8 Å². The van der Waals surface area contributed by atoms with Crippen molar-refractivity contribution in [1.29, 1.82) is 0 Å². The Bertz CT molecular complexity index is 2290. The monoisotopic (exact) mass is 964 g/mol. The number of phenolic OH excluding ortho intramolecular Hbond substituents is 3. The molecule has 68 heavy (non-hydrogen) atoms. The first-order valence-corrected chi connectivity index (χ1v) is 20.9. The van der Waals surface area contributed by atoms with E-state index in [4.69, 9.17) is 47.4 Å². The van der Waals surface area contributed by atoms with E-state index in [-0.39, 0.29) is 51.4 Å². The second kappa shape index (κ2) is 21.4. The third kappa shape index (κ3) is 10.5. The van der Waals surface area contributed by atoms with Crippen LogP contribution in [0.3, 0.4) is 0 Å². The number of benzene rings is 3. The van der Waals surface area contributed by atoms with E-state index in [0.717, 1.165) is 12.1 Å². The summed E-state index contributed by atoms with van der Waals surface area (Å²) in [4.78, 5) is 12.9. The summed E-state index contributed by atoms with van der Waals surface area (Å²) >= 11 is 0. The topological polar surface area (TPSA) is 372 Å². The molecule has 4 aliphatic heterocycles. The molecule has 3 saturated heterocycles. The number of aromatic hydroxyl groups is 3. The maximum Gasteiger partial charge on any atom is 0.330 e. The molecule has 4 aliphatic rings. The van der Waals surface area contributed by atoms with Crippen LogP contribution in [-0.4, -0.2) is 199 Å². The van der Waals surface area contributed by atoms with E-state index < -0.39 is 130 Å². The lowest BCUT2D eigenvalue weighted by molar-refractivity contribution is -0.364. The molecule has 24 nitrogen and oxygen atoms in total. The molecule has 0 aliphatic carbocycles. The summed E-state index contributed by atoms with van der Waals surface area (Å²) in [7, 11) is 2.64. The lowest BCUT2D eigenvalue weighted by Crippen LogP contribution is -2.64. The molecule has 0 bridgehead atoms. The van der Waals surface area contributed by atoms with E-state index >= 15 is 0 Å². The van der Waals surface area contributed by atoms with Gasteiger partial charge in [0, 0.05) is 23.8 Å². The van der Waals surface area contributed by atoms with Crippen molar-refractivity contribution in [2.45, 2.75) is 98.2 Å². The molecule has 0 radical (unpaired) electrons. The summed E-state index contributed by atoms with van der Waals surface area (Å²) in [5, 5.41) is 138. The lowest BCUT2D eigenvalue weighted by atomic mass is 9.97. The minimum absolute atomic E-state index is 0.0326. The van der Waals surface area contributed by atoms with Crippen LogP contribution < -0.4 is 18.9 Å².